The van der Waals surface area contributed by atoms with Crippen molar-refractivity contribution in [3.63, 3.8) is 0 Å². The summed E-state index contributed by atoms with van der Waals surface area (Å²) in [6.07, 6.45) is -8.59. The van der Waals surface area contributed by atoms with Gasteiger partial charge in [-0.1, -0.05) is 24.3 Å². The van der Waals surface area contributed by atoms with Crippen LogP contribution in [0.3, 0.4) is 0 Å². The van der Waals surface area contributed by atoms with E-state index in [9.17, 15) is 31.1 Å². The van der Waals surface area contributed by atoms with Gasteiger partial charge >= 0.3 is 18.4 Å². The van der Waals surface area contributed by atoms with Gasteiger partial charge in [-0.25, -0.2) is 4.98 Å². The minimum absolute atomic E-state index is 0. The third-order valence-electron chi connectivity index (χ3n) is 5.59. The van der Waals surface area contributed by atoms with E-state index in [4.69, 9.17) is 4.74 Å². The zero-order valence-corrected chi connectivity index (χ0v) is 22.3. The molecule has 1 aromatic heterocycles. The second-order valence-electron chi connectivity index (χ2n) is 8.96. The first kappa shape index (κ1) is 31.8. The van der Waals surface area contributed by atoms with Crippen LogP contribution in [0.5, 0.6) is 6.01 Å². The van der Waals surface area contributed by atoms with Crippen LogP contribution in [0.25, 0.3) is 11.1 Å². The summed E-state index contributed by atoms with van der Waals surface area (Å²) in [7, 11) is 4.95. The van der Waals surface area contributed by atoms with Gasteiger partial charge in [-0.2, -0.15) is 31.3 Å². The van der Waals surface area contributed by atoms with Crippen LogP contribution in [0.2, 0.25) is 0 Å². The molecule has 13 heteroatoms. The van der Waals surface area contributed by atoms with E-state index in [0.717, 1.165) is 10.5 Å². The molecule has 0 bridgehead atoms. The molecule has 3 aromatic rings. The summed E-state index contributed by atoms with van der Waals surface area (Å²) in [4.78, 5) is 24.8. The monoisotopic (exact) mass is 576 g/mol. The van der Waals surface area contributed by atoms with E-state index in [2.05, 4.69) is 9.97 Å². The Kier molecular flexibility index (Phi) is 10.3. The predicted octanol–water partition coefficient (Wildman–Crippen LogP) is 6.12. The molecule has 0 N–H and O–H groups in total. The molecule has 0 fully saturated rings. The Morgan fingerprint density at radius 1 is 0.923 bits per heavy atom. The number of likely N-dealkylation sites (N-methyl/N-ethyl adjacent to an activating group) is 1. The fourth-order valence-electron chi connectivity index (χ4n) is 3.63. The quantitative estimate of drug-likeness (QED) is 0.302. The number of carbonyl (C=O) groups is 1. The number of nitrogens with zero attached hydrogens (tertiary/aromatic N) is 4. The van der Waals surface area contributed by atoms with E-state index in [1.165, 1.54) is 13.2 Å². The largest absolute Gasteiger partial charge is 0.462 e. The molecule has 0 aliphatic rings. The van der Waals surface area contributed by atoms with Gasteiger partial charge < -0.3 is 14.5 Å². The second-order valence-corrected chi connectivity index (χ2v) is 8.96. The zero-order valence-electron chi connectivity index (χ0n) is 21.5. The molecule has 0 atom stereocenters. The number of aryl methyl sites for hydroxylation is 1. The van der Waals surface area contributed by atoms with E-state index >= 15 is 0 Å². The molecule has 3 rings (SSSR count). The van der Waals surface area contributed by atoms with Gasteiger partial charge in [0.1, 0.15) is 12.3 Å². The van der Waals surface area contributed by atoms with Crippen LogP contribution in [-0.2, 0) is 18.9 Å². The number of aromatic nitrogens is 2. The first-order chi connectivity index (χ1) is 17.7. The molecule has 39 heavy (non-hydrogen) atoms. The van der Waals surface area contributed by atoms with Crippen molar-refractivity contribution in [3.05, 3.63) is 76.6 Å². The van der Waals surface area contributed by atoms with Gasteiger partial charge in [0, 0.05) is 31.9 Å². The lowest BCUT2D eigenvalue weighted by Gasteiger charge is -2.21. The smallest absolute Gasteiger partial charge is 0.416 e. The summed E-state index contributed by atoms with van der Waals surface area (Å²) in [5.41, 5.74) is -1.55. The van der Waals surface area contributed by atoms with Crippen LogP contribution in [0.4, 0.5) is 26.3 Å². The third kappa shape index (κ3) is 8.30. The summed E-state index contributed by atoms with van der Waals surface area (Å²) in [5.74, 6) is -0.728. The Balaban J connectivity index is 0.00000533. The van der Waals surface area contributed by atoms with Crippen molar-refractivity contribution >= 4 is 18.3 Å². The number of hydrogen-bond donors (Lipinski definition) is 0. The summed E-state index contributed by atoms with van der Waals surface area (Å²) in [6, 6.07) is 8.27. The Bertz CT molecular complexity index is 1270. The summed E-state index contributed by atoms with van der Waals surface area (Å²) >= 11 is 0. The van der Waals surface area contributed by atoms with E-state index in [0.29, 0.717) is 29.8 Å². The Morgan fingerprint density at radius 3 is 2.05 bits per heavy atom. The highest BCUT2D eigenvalue weighted by molar-refractivity contribution is 5.99. The lowest BCUT2D eigenvalue weighted by Crippen LogP contribution is -2.28. The molecule has 0 saturated heterocycles. The third-order valence-corrected chi connectivity index (χ3v) is 5.59. The fraction of sp³-hybridized carbons (Fsp3) is 0.346. The fourth-order valence-corrected chi connectivity index (χ4v) is 3.63. The van der Waals surface area contributed by atoms with Crippen molar-refractivity contribution in [1.29, 1.82) is 0 Å². The standard InChI is InChI=1S/C26H26F6N4O2.ClH/c1-16-7-5-6-8-20(16)21-14-33-24(38-10-9-35(2)3)34-22(21)23(37)36(4)15-17-11-18(25(27,28)29)13-19(12-17)26(30,31)32;/h5-8,11-14H,9-10,15H2,1-4H3;1H. The maximum absolute atomic E-state index is 13.5. The van der Waals surface area contributed by atoms with Crippen LogP contribution in [-0.4, -0.2) is 60.0 Å². The van der Waals surface area contributed by atoms with Gasteiger partial charge in [0.2, 0.25) is 0 Å². The van der Waals surface area contributed by atoms with Crippen molar-refractivity contribution in [2.45, 2.75) is 25.8 Å². The molecule has 2 aromatic carbocycles. The zero-order chi connectivity index (χ0) is 28.3. The topological polar surface area (TPSA) is 58.6 Å². The van der Waals surface area contributed by atoms with E-state index < -0.39 is 35.9 Å². The van der Waals surface area contributed by atoms with Gasteiger partial charge in [0.15, 0.2) is 0 Å². The molecule has 0 saturated carbocycles. The van der Waals surface area contributed by atoms with E-state index in [-0.39, 0.29) is 42.3 Å². The summed E-state index contributed by atoms with van der Waals surface area (Å²) in [5, 5.41) is 0. The van der Waals surface area contributed by atoms with Crippen LogP contribution in [0.1, 0.15) is 32.7 Å². The molecular formula is C26H27ClF6N4O2. The molecule has 6 nitrogen and oxygen atoms in total. The van der Waals surface area contributed by atoms with E-state index in [1.807, 2.05) is 32.0 Å². The first-order valence-electron chi connectivity index (χ1n) is 11.4. The van der Waals surface area contributed by atoms with Crippen molar-refractivity contribution in [1.82, 2.24) is 19.8 Å². The van der Waals surface area contributed by atoms with Crippen LogP contribution in [0.15, 0.2) is 48.7 Å². The molecule has 1 amide bonds. The molecule has 0 radical (unpaired) electrons. The number of rotatable bonds is 8. The molecule has 0 aliphatic heterocycles. The van der Waals surface area contributed by atoms with Crippen molar-refractivity contribution in [3.8, 4) is 17.1 Å². The maximum Gasteiger partial charge on any atom is 0.416 e. The van der Waals surface area contributed by atoms with Gasteiger partial charge in [-0.05, 0) is 55.9 Å². The number of benzene rings is 2. The highest BCUT2D eigenvalue weighted by atomic mass is 35.5. The highest BCUT2D eigenvalue weighted by Gasteiger charge is 2.37. The average Bonchev–Trinajstić information content (AvgIpc) is 2.82. The molecule has 0 spiro atoms. The van der Waals surface area contributed by atoms with Crippen LogP contribution in [0, 0.1) is 6.92 Å². The molecule has 0 unspecified atom stereocenters. The Hall–Kier alpha value is -3.38. The summed E-state index contributed by atoms with van der Waals surface area (Å²) < 4.78 is 85.3. The minimum Gasteiger partial charge on any atom is -0.462 e. The number of hydrogen-bond acceptors (Lipinski definition) is 5. The Labute approximate surface area is 228 Å². The lowest BCUT2D eigenvalue weighted by molar-refractivity contribution is -0.143. The molecular weight excluding hydrogens is 550 g/mol. The van der Waals surface area contributed by atoms with Gasteiger partial charge in [0.25, 0.3) is 5.91 Å². The van der Waals surface area contributed by atoms with Crippen LogP contribution >= 0.6 is 12.4 Å². The molecule has 1 heterocycles. The predicted molar refractivity (Wildman–Crippen MR) is 136 cm³/mol. The SMILES string of the molecule is Cc1ccccc1-c1cnc(OCCN(C)C)nc1C(=O)N(C)Cc1cc(C(F)(F)F)cc(C(F)(F)F)c1.Cl. The Morgan fingerprint density at radius 2 is 1.51 bits per heavy atom. The highest BCUT2D eigenvalue weighted by Crippen LogP contribution is 2.36. The molecule has 0 aliphatic carbocycles. The van der Waals surface area contributed by atoms with Gasteiger partial charge in [-0.3, -0.25) is 4.79 Å². The maximum atomic E-state index is 13.5. The van der Waals surface area contributed by atoms with Crippen molar-refractivity contribution < 1.29 is 35.9 Å². The number of halogens is 7. The number of ether oxygens (including phenoxy) is 1. The van der Waals surface area contributed by atoms with Crippen molar-refractivity contribution in [2.75, 3.05) is 34.3 Å². The van der Waals surface area contributed by atoms with E-state index in [1.54, 1.807) is 18.2 Å². The van der Waals surface area contributed by atoms with Crippen LogP contribution < -0.4 is 4.74 Å². The number of amides is 1. The second kappa shape index (κ2) is 12.6. The minimum atomic E-state index is -5.00. The van der Waals surface area contributed by atoms with Crippen molar-refractivity contribution in [2.24, 2.45) is 0 Å². The summed E-state index contributed by atoms with van der Waals surface area (Å²) in [6.45, 7) is 2.06. The number of alkyl halides is 6. The first-order valence-corrected chi connectivity index (χ1v) is 11.4. The normalized spacial score (nSPS) is 11.8. The van der Waals surface area contributed by atoms with Gasteiger partial charge in [-0.15, -0.1) is 12.4 Å². The molecule has 212 valence electrons. The number of carbonyl (C=O) groups excluding carboxylic acids is 1. The van der Waals surface area contributed by atoms with Gasteiger partial charge in [0.05, 0.1) is 11.1 Å². The lowest BCUT2D eigenvalue weighted by atomic mass is 10.00. The average molecular weight is 577 g/mol.